The third-order valence-corrected chi connectivity index (χ3v) is 3.33. The molecule has 20 heavy (non-hydrogen) atoms. The Morgan fingerprint density at radius 3 is 2.10 bits per heavy atom. The highest BCUT2D eigenvalue weighted by Gasteiger charge is 2.30. The highest BCUT2D eigenvalue weighted by atomic mass is 35.5. The smallest absolute Gasteiger partial charge is 0.207 e. The molecular weight excluding hydrogens is 292 g/mol. The molecule has 0 nitrogen and oxygen atoms in total. The summed E-state index contributed by atoms with van der Waals surface area (Å²) in [5, 5.41) is -0.618. The van der Waals surface area contributed by atoms with E-state index in [1.807, 2.05) is 0 Å². The van der Waals surface area contributed by atoms with Crippen LogP contribution in [0, 0.1) is 5.82 Å². The summed E-state index contributed by atoms with van der Waals surface area (Å²) < 4.78 is 50.8. The molecule has 0 heterocycles. The van der Waals surface area contributed by atoms with Crippen LogP contribution < -0.4 is 0 Å². The van der Waals surface area contributed by atoms with Crippen molar-refractivity contribution >= 4 is 11.6 Å². The zero-order chi connectivity index (χ0) is 14.8. The first-order chi connectivity index (χ1) is 9.38. The monoisotopic (exact) mass is 302 g/mol. The Kier molecular flexibility index (Phi) is 4.33. The lowest BCUT2D eigenvalue weighted by Crippen LogP contribution is -2.05. The second-order valence-electron chi connectivity index (χ2n) is 4.39. The molecule has 0 saturated carbocycles. The van der Waals surface area contributed by atoms with Crippen molar-refractivity contribution in [1.82, 2.24) is 0 Å². The van der Waals surface area contributed by atoms with E-state index in [0.29, 0.717) is 11.1 Å². The van der Waals surface area contributed by atoms with Crippen LogP contribution in [0.15, 0.2) is 48.5 Å². The average Bonchev–Trinajstić information content (AvgIpc) is 2.38. The van der Waals surface area contributed by atoms with Crippen molar-refractivity contribution in [1.29, 1.82) is 0 Å². The summed E-state index contributed by atoms with van der Waals surface area (Å²) in [4.78, 5) is 0. The fourth-order valence-electron chi connectivity index (χ4n) is 1.88. The zero-order valence-corrected chi connectivity index (χ0v) is 11.0. The first-order valence-electron chi connectivity index (χ1n) is 5.92. The summed E-state index contributed by atoms with van der Waals surface area (Å²) in [6.07, 6.45) is -4.09. The molecule has 106 valence electrons. The summed E-state index contributed by atoms with van der Waals surface area (Å²) in [5.74, 6) is -0.417. The Balaban J connectivity index is 2.13. The Hall–Kier alpha value is -1.55. The molecule has 2 rings (SSSR count). The first kappa shape index (κ1) is 14.9. The maximum Gasteiger partial charge on any atom is 0.416 e. The summed E-state index contributed by atoms with van der Waals surface area (Å²) in [5.41, 5.74) is 0.258. The molecule has 0 fully saturated rings. The lowest BCUT2D eigenvalue weighted by atomic mass is 10.0. The van der Waals surface area contributed by atoms with Crippen molar-refractivity contribution in [2.75, 3.05) is 0 Å². The van der Waals surface area contributed by atoms with Crippen LogP contribution in [-0.2, 0) is 12.6 Å². The van der Waals surface area contributed by atoms with Gasteiger partial charge in [0.2, 0.25) is 0 Å². The Morgan fingerprint density at radius 1 is 0.950 bits per heavy atom. The van der Waals surface area contributed by atoms with Gasteiger partial charge < -0.3 is 0 Å². The quantitative estimate of drug-likeness (QED) is 0.528. The molecule has 1 unspecified atom stereocenters. The van der Waals surface area contributed by atoms with Crippen molar-refractivity contribution in [2.45, 2.75) is 18.0 Å². The minimum absolute atomic E-state index is 0.265. The third kappa shape index (κ3) is 3.51. The molecule has 2 aromatic rings. The number of hydrogen-bond acceptors (Lipinski definition) is 0. The van der Waals surface area contributed by atoms with E-state index in [9.17, 15) is 17.6 Å². The molecule has 0 aliphatic heterocycles. The number of benzene rings is 2. The molecular formula is C15H11ClF4. The topological polar surface area (TPSA) is 0 Å². The van der Waals surface area contributed by atoms with Crippen LogP contribution in [-0.4, -0.2) is 0 Å². The predicted octanol–water partition coefficient (Wildman–Crippen LogP) is 5.37. The first-order valence-corrected chi connectivity index (χ1v) is 6.36. The minimum atomic E-state index is -4.36. The van der Waals surface area contributed by atoms with Gasteiger partial charge in [-0.15, -0.1) is 11.6 Å². The van der Waals surface area contributed by atoms with E-state index in [1.165, 1.54) is 18.2 Å². The molecule has 0 N–H and O–H groups in total. The van der Waals surface area contributed by atoms with Crippen LogP contribution >= 0.6 is 11.6 Å². The van der Waals surface area contributed by atoms with Crippen molar-refractivity contribution in [3.05, 3.63) is 71.0 Å². The lowest BCUT2D eigenvalue weighted by Gasteiger charge is -2.12. The minimum Gasteiger partial charge on any atom is -0.207 e. The standard InChI is InChI=1S/C15H11ClF4/c16-13(12-3-1-2-4-14(12)17)9-10-5-7-11(8-6-10)15(18,19)20/h1-8,13H,9H2. The second kappa shape index (κ2) is 5.83. The summed E-state index contributed by atoms with van der Waals surface area (Å²) >= 11 is 6.11. The second-order valence-corrected chi connectivity index (χ2v) is 4.91. The average molecular weight is 303 g/mol. The van der Waals surface area contributed by atoms with Crippen LogP contribution in [0.5, 0.6) is 0 Å². The predicted molar refractivity (Wildman–Crippen MR) is 70.1 cm³/mol. The molecule has 0 spiro atoms. The van der Waals surface area contributed by atoms with Gasteiger partial charge in [-0.1, -0.05) is 30.3 Å². The van der Waals surface area contributed by atoms with Gasteiger partial charge in [0, 0.05) is 5.56 Å². The highest BCUT2D eigenvalue weighted by molar-refractivity contribution is 6.20. The zero-order valence-electron chi connectivity index (χ0n) is 10.3. The SMILES string of the molecule is Fc1ccccc1C(Cl)Cc1ccc(C(F)(F)F)cc1. The largest absolute Gasteiger partial charge is 0.416 e. The van der Waals surface area contributed by atoms with E-state index in [-0.39, 0.29) is 6.42 Å². The van der Waals surface area contributed by atoms with E-state index < -0.39 is 22.9 Å². The fraction of sp³-hybridized carbons (Fsp3) is 0.200. The van der Waals surface area contributed by atoms with Gasteiger partial charge in [0.15, 0.2) is 0 Å². The maximum absolute atomic E-state index is 13.5. The molecule has 5 heteroatoms. The third-order valence-electron chi connectivity index (χ3n) is 2.94. The van der Waals surface area contributed by atoms with Crippen LogP contribution in [0.25, 0.3) is 0 Å². The highest BCUT2D eigenvalue weighted by Crippen LogP contribution is 2.31. The van der Waals surface area contributed by atoms with Crippen LogP contribution in [0.3, 0.4) is 0 Å². The van der Waals surface area contributed by atoms with E-state index in [0.717, 1.165) is 12.1 Å². The fourth-order valence-corrected chi connectivity index (χ4v) is 2.23. The van der Waals surface area contributed by atoms with Crippen molar-refractivity contribution in [3.8, 4) is 0 Å². The van der Waals surface area contributed by atoms with Crippen molar-refractivity contribution in [2.24, 2.45) is 0 Å². The number of hydrogen-bond donors (Lipinski definition) is 0. The van der Waals surface area contributed by atoms with Crippen LogP contribution in [0.1, 0.15) is 22.1 Å². The van der Waals surface area contributed by atoms with Crippen LogP contribution in [0.4, 0.5) is 17.6 Å². The molecule has 2 aromatic carbocycles. The summed E-state index contributed by atoms with van der Waals surface area (Å²) in [6, 6.07) is 10.8. The van der Waals surface area contributed by atoms with E-state index in [4.69, 9.17) is 11.6 Å². The molecule has 0 aliphatic carbocycles. The van der Waals surface area contributed by atoms with Crippen molar-refractivity contribution < 1.29 is 17.6 Å². The Bertz CT molecular complexity index is 575. The normalized spacial score (nSPS) is 13.2. The summed E-state index contributed by atoms with van der Waals surface area (Å²) in [7, 11) is 0. The Morgan fingerprint density at radius 2 is 1.55 bits per heavy atom. The molecule has 0 radical (unpaired) electrons. The number of rotatable bonds is 3. The molecule has 0 amide bonds. The van der Waals surface area contributed by atoms with E-state index in [2.05, 4.69) is 0 Å². The maximum atomic E-state index is 13.5. The lowest BCUT2D eigenvalue weighted by molar-refractivity contribution is -0.137. The van der Waals surface area contributed by atoms with Crippen molar-refractivity contribution in [3.63, 3.8) is 0 Å². The molecule has 0 saturated heterocycles. The molecule has 1 atom stereocenters. The van der Waals surface area contributed by atoms with Gasteiger partial charge in [-0.25, -0.2) is 4.39 Å². The van der Waals surface area contributed by atoms with Gasteiger partial charge in [0.05, 0.1) is 10.9 Å². The van der Waals surface area contributed by atoms with E-state index in [1.54, 1.807) is 18.2 Å². The Labute approximate surface area is 119 Å². The van der Waals surface area contributed by atoms with Gasteiger partial charge in [-0.2, -0.15) is 13.2 Å². The molecule has 0 aliphatic rings. The van der Waals surface area contributed by atoms with Gasteiger partial charge in [-0.05, 0) is 30.2 Å². The van der Waals surface area contributed by atoms with E-state index >= 15 is 0 Å². The number of halogens is 5. The van der Waals surface area contributed by atoms with Crippen LogP contribution in [0.2, 0.25) is 0 Å². The van der Waals surface area contributed by atoms with Gasteiger partial charge in [0.1, 0.15) is 5.82 Å². The summed E-state index contributed by atoms with van der Waals surface area (Å²) in [6.45, 7) is 0. The molecule has 0 aromatic heterocycles. The van der Waals surface area contributed by atoms with Gasteiger partial charge in [-0.3, -0.25) is 0 Å². The number of alkyl halides is 4. The molecule has 0 bridgehead atoms. The van der Waals surface area contributed by atoms with Gasteiger partial charge in [0.25, 0.3) is 0 Å². The van der Waals surface area contributed by atoms with Gasteiger partial charge >= 0.3 is 6.18 Å².